The van der Waals surface area contributed by atoms with Crippen molar-refractivity contribution in [3.05, 3.63) is 53.3 Å². The van der Waals surface area contributed by atoms with E-state index in [-0.39, 0.29) is 30.1 Å². The van der Waals surface area contributed by atoms with Gasteiger partial charge in [0.15, 0.2) is 0 Å². The summed E-state index contributed by atoms with van der Waals surface area (Å²) in [7, 11) is 0. The molecule has 0 saturated carbocycles. The monoisotopic (exact) mass is 267 g/mol. The van der Waals surface area contributed by atoms with E-state index in [0.717, 1.165) is 0 Å². The largest absolute Gasteiger partial charge is 0.350 e. The number of amides is 1. The number of aromatic nitrogens is 2. The summed E-state index contributed by atoms with van der Waals surface area (Å²) < 4.78 is 14.8. The van der Waals surface area contributed by atoms with E-state index < -0.39 is 0 Å². The van der Waals surface area contributed by atoms with Crippen molar-refractivity contribution in [2.24, 2.45) is 0 Å². The van der Waals surface area contributed by atoms with E-state index in [0.29, 0.717) is 5.56 Å². The molecule has 94 valence electrons. The molecule has 1 heterocycles. The molecule has 0 aliphatic heterocycles. The molecule has 1 amide bonds. The molecule has 0 aliphatic rings. The van der Waals surface area contributed by atoms with E-state index in [4.69, 9.17) is 11.6 Å². The fraction of sp³-hybridized carbons (Fsp3) is 0.167. The molecule has 0 aliphatic carbocycles. The number of rotatable bonds is 4. The van der Waals surface area contributed by atoms with Gasteiger partial charge in [-0.05, 0) is 17.7 Å². The molecule has 0 bridgehead atoms. The first-order chi connectivity index (χ1) is 8.66. The van der Waals surface area contributed by atoms with Crippen LogP contribution in [0, 0.1) is 5.82 Å². The number of benzene rings is 1. The van der Waals surface area contributed by atoms with Gasteiger partial charge in [-0.3, -0.25) is 4.79 Å². The first-order valence-corrected chi connectivity index (χ1v) is 5.71. The maximum atomic E-state index is 13.3. The minimum absolute atomic E-state index is 0.0628. The topological polar surface area (TPSA) is 46.9 Å². The zero-order valence-corrected chi connectivity index (χ0v) is 10.2. The Kier molecular flexibility index (Phi) is 3.94. The minimum Gasteiger partial charge on any atom is -0.350 e. The highest BCUT2D eigenvalue weighted by molar-refractivity contribution is 6.28. The van der Waals surface area contributed by atoms with Gasteiger partial charge in [-0.2, -0.15) is 0 Å². The van der Waals surface area contributed by atoms with Gasteiger partial charge in [0.05, 0.1) is 0 Å². The third kappa shape index (κ3) is 3.07. The Bertz CT molecular complexity index is 556. The summed E-state index contributed by atoms with van der Waals surface area (Å²) in [5.74, 6) is -0.586. The number of carbonyl (C=O) groups is 1. The first-order valence-electron chi connectivity index (χ1n) is 5.33. The maximum Gasteiger partial charge on any atom is 0.240 e. The molecule has 0 saturated heterocycles. The average Bonchev–Trinajstić information content (AvgIpc) is 2.74. The van der Waals surface area contributed by atoms with Crippen molar-refractivity contribution in [2.45, 2.75) is 13.1 Å². The van der Waals surface area contributed by atoms with Crippen LogP contribution in [0.1, 0.15) is 5.56 Å². The molecule has 1 aromatic heterocycles. The predicted molar refractivity (Wildman–Crippen MR) is 65.5 cm³/mol. The third-order valence-electron chi connectivity index (χ3n) is 2.41. The lowest BCUT2D eigenvalue weighted by molar-refractivity contribution is -0.121. The maximum absolute atomic E-state index is 13.3. The molecule has 0 fully saturated rings. The van der Waals surface area contributed by atoms with Gasteiger partial charge < -0.3 is 9.88 Å². The summed E-state index contributed by atoms with van der Waals surface area (Å²) in [5.41, 5.74) is 0.447. The van der Waals surface area contributed by atoms with Gasteiger partial charge in [-0.1, -0.05) is 18.2 Å². The van der Waals surface area contributed by atoms with Gasteiger partial charge in [0, 0.05) is 24.5 Å². The van der Waals surface area contributed by atoms with Crippen LogP contribution >= 0.6 is 11.6 Å². The molecule has 1 N–H and O–H groups in total. The SMILES string of the molecule is O=C(Cn1ccnc1Cl)NCc1ccccc1F. The second kappa shape index (κ2) is 5.64. The van der Waals surface area contributed by atoms with Crippen molar-refractivity contribution in [3.8, 4) is 0 Å². The van der Waals surface area contributed by atoms with Crippen LogP contribution in [-0.2, 0) is 17.9 Å². The first kappa shape index (κ1) is 12.6. The molecule has 1 aromatic carbocycles. The van der Waals surface area contributed by atoms with Gasteiger partial charge >= 0.3 is 0 Å². The molecule has 0 spiro atoms. The van der Waals surface area contributed by atoms with Gasteiger partial charge in [-0.15, -0.1) is 0 Å². The molecule has 0 atom stereocenters. The van der Waals surface area contributed by atoms with Crippen LogP contribution < -0.4 is 5.32 Å². The minimum atomic E-state index is -0.335. The van der Waals surface area contributed by atoms with E-state index in [1.807, 2.05) is 0 Å². The van der Waals surface area contributed by atoms with Crippen LogP contribution in [0.5, 0.6) is 0 Å². The molecule has 2 rings (SSSR count). The number of halogens is 2. The normalized spacial score (nSPS) is 10.3. The predicted octanol–water partition coefficient (Wildman–Crippen LogP) is 1.99. The van der Waals surface area contributed by atoms with E-state index in [9.17, 15) is 9.18 Å². The van der Waals surface area contributed by atoms with Gasteiger partial charge in [0.1, 0.15) is 12.4 Å². The number of hydrogen-bond acceptors (Lipinski definition) is 2. The number of hydrogen-bond donors (Lipinski definition) is 1. The Balaban J connectivity index is 1.90. The van der Waals surface area contributed by atoms with Crippen molar-refractivity contribution in [3.63, 3.8) is 0 Å². The Morgan fingerprint density at radius 1 is 1.44 bits per heavy atom. The van der Waals surface area contributed by atoms with Crippen LogP contribution in [0.15, 0.2) is 36.7 Å². The van der Waals surface area contributed by atoms with Gasteiger partial charge in [0.2, 0.25) is 11.2 Å². The Hall–Kier alpha value is -1.88. The molecule has 6 heteroatoms. The van der Waals surface area contributed by atoms with Gasteiger partial charge in [-0.25, -0.2) is 9.37 Å². The molecule has 0 radical (unpaired) electrons. The lowest BCUT2D eigenvalue weighted by Gasteiger charge is -2.07. The summed E-state index contributed by atoms with van der Waals surface area (Å²) >= 11 is 5.74. The average molecular weight is 268 g/mol. The highest BCUT2D eigenvalue weighted by Crippen LogP contribution is 2.06. The number of nitrogens with zero attached hydrogens (tertiary/aromatic N) is 2. The van der Waals surface area contributed by atoms with Crippen molar-refractivity contribution < 1.29 is 9.18 Å². The van der Waals surface area contributed by atoms with Crippen LogP contribution in [-0.4, -0.2) is 15.5 Å². The second-order valence-corrected chi connectivity index (χ2v) is 4.03. The third-order valence-corrected chi connectivity index (χ3v) is 2.73. The van der Waals surface area contributed by atoms with Crippen LogP contribution in [0.3, 0.4) is 0 Å². The Morgan fingerprint density at radius 3 is 2.89 bits per heavy atom. The highest BCUT2D eigenvalue weighted by atomic mass is 35.5. The number of carbonyl (C=O) groups excluding carboxylic acids is 1. The summed E-state index contributed by atoms with van der Waals surface area (Å²) in [6.45, 7) is 0.213. The second-order valence-electron chi connectivity index (χ2n) is 3.69. The van der Waals surface area contributed by atoms with Crippen LogP contribution in [0.2, 0.25) is 5.28 Å². The van der Waals surface area contributed by atoms with Crippen LogP contribution in [0.4, 0.5) is 4.39 Å². The summed E-state index contributed by atoms with van der Waals surface area (Å²) in [6, 6.07) is 6.30. The van der Waals surface area contributed by atoms with Crippen molar-refractivity contribution in [1.82, 2.24) is 14.9 Å². The summed E-state index contributed by atoms with van der Waals surface area (Å²) in [6.07, 6.45) is 3.11. The van der Waals surface area contributed by atoms with Crippen molar-refractivity contribution >= 4 is 17.5 Å². The zero-order valence-electron chi connectivity index (χ0n) is 9.44. The molecule has 2 aromatic rings. The van der Waals surface area contributed by atoms with Crippen molar-refractivity contribution in [2.75, 3.05) is 0 Å². The van der Waals surface area contributed by atoms with E-state index in [2.05, 4.69) is 10.3 Å². The highest BCUT2D eigenvalue weighted by Gasteiger charge is 2.07. The fourth-order valence-electron chi connectivity index (χ4n) is 1.48. The summed E-state index contributed by atoms with van der Waals surface area (Å²) in [5, 5.41) is 2.87. The lowest BCUT2D eigenvalue weighted by atomic mass is 10.2. The lowest BCUT2D eigenvalue weighted by Crippen LogP contribution is -2.27. The van der Waals surface area contributed by atoms with E-state index in [1.165, 1.54) is 16.8 Å². The molecular weight excluding hydrogens is 257 g/mol. The Labute approximate surface area is 108 Å². The molecule has 18 heavy (non-hydrogen) atoms. The molecule has 4 nitrogen and oxygen atoms in total. The summed E-state index contributed by atoms with van der Waals surface area (Å²) in [4.78, 5) is 15.4. The van der Waals surface area contributed by atoms with Crippen LogP contribution in [0.25, 0.3) is 0 Å². The molecule has 0 unspecified atom stereocenters. The fourth-order valence-corrected chi connectivity index (χ4v) is 1.65. The number of nitrogens with one attached hydrogen (secondary N) is 1. The van der Waals surface area contributed by atoms with E-state index >= 15 is 0 Å². The van der Waals surface area contributed by atoms with Crippen molar-refractivity contribution in [1.29, 1.82) is 0 Å². The smallest absolute Gasteiger partial charge is 0.240 e. The Morgan fingerprint density at radius 2 is 2.22 bits per heavy atom. The standard InChI is InChI=1S/C12H11ClFN3O/c13-12-15-5-6-17(12)8-11(18)16-7-9-3-1-2-4-10(9)14/h1-6H,7-8H2,(H,16,18). The number of imidazole rings is 1. The van der Waals surface area contributed by atoms with E-state index in [1.54, 1.807) is 24.4 Å². The molecular formula is C12H11ClFN3O. The van der Waals surface area contributed by atoms with Gasteiger partial charge in [0.25, 0.3) is 0 Å². The zero-order chi connectivity index (χ0) is 13.0. The quantitative estimate of drug-likeness (QED) is 0.921.